The van der Waals surface area contributed by atoms with Crippen molar-refractivity contribution in [2.45, 2.75) is 44.9 Å². The van der Waals surface area contributed by atoms with Crippen molar-refractivity contribution in [3.05, 3.63) is 54.1 Å². The number of aromatic nitrogens is 2. The number of carbonyl (C=O) groups is 3. The highest BCUT2D eigenvalue weighted by Crippen LogP contribution is 2.48. The van der Waals surface area contributed by atoms with Gasteiger partial charge in [0.1, 0.15) is 12.2 Å². The molecule has 0 bridgehead atoms. The molecule has 1 aliphatic carbocycles. The minimum absolute atomic E-state index is 0.132. The van der Waals surface area contributed by atoms with E-state index in [4.69, 9.17) is 4.74 Å². The molecule has 13 heteroatoms. The number of likely N-dealkylation sites (tertiary alicyclic amines) is 1. The molecule has 2 aliphatic rings. The number of hydrogen-bond donors (Lipinski definition) is 1. The van der Waals surface area contributed by atoms with Crippen molar-refractivity contribution in [1.82, 2.24) is 14.5 Å². The molecule has 0 radical (unpaired) electrons. The first-order valence-corrected chi connectivity index (χ1v) is 11.3. The summed E-state index contributed by atoms with van der Waals surface area (Å²) in [4.78, 5) is 43.4. The Balaban J connectivity index is 1.29. The molecule has 1 aromatic carbocycles. The highest BCUT2D eigenvalue weighted by molar-refractivity contribution is 6.06. The number of alkyl halides is 3. The van der Waals surface area contributed by atoms with Crippen LogP contribution in [0.15, 0.2) is 42.7 Å². The standard InChI is InChI=1S/C24H20F4N4O5/c1-12(33)15-10-31(22-14(15)4-3-7-29-22)11-19(34)32-17-8-13(17)9-20(32)36-23(35)30-16-5-2-6-18(21(16)25)37-24(26,27)28/h2-7,10,13,17,20H,8-9,11H2,1H3,(H,30,35)/t13-,17-,20+/m1/s1. The lowest BCUT2D eigenvalue weighted by molar-refractivity contribution is -0.275. The van der Waals surface area contributed by atoms with E-state index in [9.17, 15) is 31.9 Å². The van der Waals surface area contributed by atoms with E-state index in [2.05, 4.69) is 15.0 Å². The van der Waals surface area contributed by atoms with Gasteiger partial charge >= 0.3 is 12.5 Å². The number of hydrogen-bond acceptors (Lipinski definition) is 6. The third-order valence-electron chi connectivity index (χ3n) is 6.33. The Labute approximate surface area is 206 Å². The Bertz CT molecular complexity index is 1410. The van der Waals surface area contributed by atoms with E-state index in [1.165, 1.54) is 11.8 Å². The number of nitrogens with zero attached hydrogens (tertiary/aromatic N) is 3. The van der Waals surface area contributed by atoms with E-state index in [0.717, 1.165) is 24.6 Å². The van der Waals surface area contributed by atoms with E-state index in [1.807, 2.05) is 0 Å². The number of nitrogens with one attached hydrogen (secondary N) is 1. The van der Waals surface area contributed by atoms with Crippen LogP contribution < -0.4 is 10.1 Å². The fraction of sp³-hybridized carbons (Fsp3) is 0.333. The summed E-state index contributed by atoms with van der Waals surface area (Å²) in [6, 6.07) is 6.18. The molecule has 3 heterocycles. The number of carbonyl (C=O) groups excluding carboxylic acids is 3. The molecule has 5 rings (SSSR count). The van der Waals surface area contributed by atoms with Crippen LogP contribution in [0.4, 0.5) is 28.0 Å². The van der Waals surface area contributed by atoms with Crippen LogP contribution in [0, 0.1) is 11.7 Å². The van der Waals surface area contributed by atoms with Gasteiger partial charge in [-0.05, 0) is 43.5 Å². The Morgan fingerprint density at radius 3 is 2.68 bits per heavy atom. The zero-order valence-corrected chi connectivity index (χ0v) is 19.3. The fourth-order valence-electron chi connectivity index (χ4n) is 4.69. The average molecular weight is 520 g/mol. The van der Waals surface area contributed by atoms with Gasteiger partial charge in [0, 0.05) is 35.8 Å². The number of anilines is 1. The van der Waals surface area contributed by atoms with E-state index >= 15 is 0 Å². The number of ketones is 1. The zero-order chi connectivity index (χ0) is 26.5. The smallest absolute Gasteiger partial charge is 0.425 e. The molecule has 0 spiro atoms. The predicted octanol–water partition coefficient (Wildman–Crippen LogP) is 4.47. The molecular weight excluding hydrogens is 500 g/mol. The summed E-state index contributed by atoms with van der Waals surface area (Å²) < 4.78 is 62.3. The van der Waals surface area contributed by atoms with E-state index < -0.39 is 35.9 Å². The Morgan fingerprint density at radius 2 is 1.95 bits per heavy atom. The molecule has 2 amide bonds. The number of rotatable bonds is 6. The highest BCUT2D eigenvalue weighted by atomic mass is 19.4. The summed E-state index contributed by atoms with van der Waals surface area (Å²) in [6.45, 7) is 1.26. The number of benzene rings is 1. The second-order valence-corrected chi connectivity index (χ2v) is 8.85. The van der Waals surface area contributed by atoms with Crippen LogP contribution in [-0.2, 0) is 16.1 Å². The van der Waals surface area contributed by atoms with Gasteiger partial charge in [0.05, 0.1) is 5.69 Å². The predicted molar refractivity (Wildman–Crippen MR) is 120 cm³/mol. The fourth-order valence-corrected chi connectivity index (χ4v) is 4.69. The van der Waals surface area contributed by atoms with Crippen LogP contribution in [0.3, 0.4) is 0 Å². The van der Waals surface area contributed by atoms with Crippen LogP contribution in [0.5, 0.6) is 5.75 Å². The zero-order valence-electron chi connectivity index (χ0n) is 19.3. The molecular formula is C24H20F4N4O5. The molecule has 1 N–H and O–H groups in total. The SMILES string of the molecule is CC(=O)c1cn(CC(=O)N2[C@@H](OC(=O)Nc3cccc(OC(F)(F)F)c3F)C[C@H]3C[C@H]32)c2ncccc12. The number of Topliss-reactive ketones (excluding diaryl/α,β-unsaturated/α-hetero) is 1. The maximum Gasteiger partial charge on any atom is 0.573 e. The van der Waals surface area contributed by atoms with Crippen LogP contribution in [0.2, 0.25) is 0 Å². The molecule has 1 saturated heterocycles. The van der Waals surface area contributed by atoms with Crippen molar-refractivity contribution in [1.29, 1.82) is 0 Å². The third-order valence-corrected chi connectivity index (χ3v) is 6.33. The number of amides is 2. The van der Waals surface area contributed by atoms with E-state index in [-0.39, 0.29) is 30.2 Å². The van der Waals surface area contributed by atoms with Crippen LogP contribution >= 0.6 is 0 Å². The Morgan fingerprint density at radius 1 is 1.16 bits per heavy atom. The van der Waals surface area contributed by atoms with Gasteiger partial charge in [-0.25, -0.2) is 14.2 Å². The average Bonchev–Trinajstić information content (AvgIpc) is 3.32. The highest BCUT2D eigenvalue weighted by Gasteiger charge is 2.55. The monoisotopic (exact) mass is 520 g/mol. The van der Waals surface area contributed by atoms with Gasteiger partial charge in [0.15, 0.2) is 23.6 Å². The number of piperidine rings is 1. The van der Waals surface area contributed by atoms with Crippen molar-refractivity contribution in [3.8, 4) is 5.75 Å². The van der Waals surface area contributed by atoms with Crippen molar-refractivity contribution in [2.24, 2.45) is 5.92 Å². The lowest BCUT2D eigenvalue weighted by Crippen LogP contribution is -2.43. The van der Waals surface area contributed by atoms with Gasteiger partial charge in [0.2, 0.25) is 5.91 Å². The molecule has 2 fully saturated rings. The molecule has 1 aliphatic heterocycles. The first-order chi connectivity index (χ1) is 17.5. The molecule has 37 heavy (non-hydrogen) atoms. The molecule has 194 valence electrons. The van der Waals surface area contributed by atoms with Crippen LogP contribution in [0.1, 0.15) is 30.1 Å². The molecule has 9 nitrogen and oxygen atoms in total. The summed E-state index contributed by atoms with van der Waals surface area (Å²) in [5, 5.41) is 2.68. The summed E-state index contributed by atoms with van der Waals surface area (Å²) in [7, 11) is 0. The van der Waals surface area contributed by atoms with E-state index in [0.29, 0.717) is 23.0 Å². The summed E-state index contributed by atoms with van der Waals surface area (Å²) >= 11 is 0. The van der Waals surface area contributed by atoms with Crippen LogP contribution in [-0.4, -0.2) is 50.9 Å². The third kappa shape index (κ3) is 4.93. The summed E-state index contributed by atoms with van der Waals surface area (Å²) in [5.74, 6) is -2.95. The lowest BCUT2D eigenvalue weighted by atomic mass is 10.2. The minimum atomic E-state index is -5.11. The largest absolute Gasteiger partial charge is 0.573 e. The van der Waals surface area contributed by atoms with Crippen LogP contribution in [0.25, 0.3) is 11.0 Å². The topological polar surface area (TPSA) is 103 Å². The lowest BCUT2D eigenvalue weighted by Gasteiger charge is -2.27. The van der Waals surface area contributed by atoms with Gasteiger partial charge in [-0.2, -0.15) is 0 Å². The van der Waals surface area contributed by atoms with Gasteiger partial charge < -0.3 is 18.9 Å². The first-order valence-electron chi connectivity index (χ1n) is 11.3. The first kappa shape index (κ1) is 24.5. The molecule has 0 unspecified atom stereocenters. The van der Waals surface area contributed by atoms with E-state index in [1.54, 1.807) is 29.1 Å². The molecule has 2 aromatic heterocycles. The minimum Gasteiger partial charge on any atom is -0.425 e. The van der Waals surface area contributed by atoms with Gasteiger partial charge in [-0.15, -0.1) is 13.2 Å². The Hall–Kier alpha value is -4.16. The van der Waals surface area contributed by atoms with Crippen molar-refractivity contribution >= 4 is 34.5 Å². The Kier molecular flexibility index (Phi) is 6.00. The number of halogens is 4. The summed E-state index contributed by atoms with van der Waals surface area (Å²) in [5.41, 5.74) is 0.307. The summed E-state index contributed by atoms with van der Waals surface area (Å²) in [6.07, 6.45) is -2.99. The van der Waals surface area contributed by atoms with Crippen molar-refractivity contribution in [3.63, 3.8) is 0 Å². The second kappa shape index (κ2) is 9.05. The molecule has 3 aromatic rings. The maximum absolute atomic E-state index is 14.4. The van der Waals surface area contributed by atoms with Gasteiger partial charge in [-0.3, -0.25) is 14.9 Å². The van der Waals surface area contributed by atoms with Gasteiger partial charge in [-0.1, -0.05) is 6.07 Å². The van der Waals surface area contributed by atoms with Crippen molar-refractivity contribution in [2.75, 3.05) is 5.32 Å². The quantitative estimate of drug-likeness (QED) is 0.380. The van der Waals surface area contributed by atoms with Gasteiger partial charge in [0.25, 0.3) is 0 Å². The number of ether oxygens (including phenoxy) is 2. The second-order valence-electron chi connectivity index (χ2n) is 8.85. The number of fused-ring (bicyclic) bond motifs is 2. The maximum atomic E-state index is 14.4. The number of pyridine rings is 1. The molecule has 1 saturated carbocycles. The molecule has 3 atom stereocenters. The normalized spacial score (nSPS) is 20.5. The van der Waals surface area contributed by atoms with Crippen molar-refractivity contribution < 1.29 is 41.4 Å².